The van der Waals surface area contributed by atoms with Crippen molar-refractivity contribution >= 4 is 34.0 Å². The zero-order chi connectivity index (χ0) is 37.1. The summed E-state index contributed by atoms with van der Waals surface area (Å²) in [5.41, 5.74) is -0.836. The summed E-state index contributed by atoms with van der Waals surface area (Å²) in [7, 11) is -4.36. The lowest BCUT2D eigenvalue weighted by Crippen LogP contribution is -2.48. The second-order valence-electron chi connectivity index (χ2n) is 14.4. The fourth-order valence-electron chi connectivity index (χ4n) is 5.53. The lowest BCUT2D eigenvalue weighted by atomic mass is 9.87. The molecule has 1 heterocycles. The quantitative estimate of drug-likeness (QED) is 0.282. The van der Waals surface area contributed by atoms with Crippen molar-refractivity contribution in [3.63, 3.8) is 0 Å². The molecule has 4 rings (SSSR count). The maximum absolute atomic E-state index is 16.3. The first-order valence-electron chi connectivity index (χ1n) is 16.3. The maximum atomic E-state index is 16.3. The molecule has 2 aromatic carbocycles. The molecule has 1 aliphatic heterocycles. The van der Waals surface area contributed by atoms with Crippen LogP contribution in [0.1, 0.15) is 77.5 Å². The van der Waals surface area contributed by atoms with Gasteiger partial charge in [-0.1, -0.05) is 30.3 Å². The summed E-state index contributed by atoms with van der Waals surface area (Å²) in [6.07, 6.45) is -2.17. The molecular weight excluding hydrogens is 681 g/mol. The Kier molecular flexibility index (Phi) is 11.7. The van der Waals surface area contributed by atoms with Crippen LogP contribution in [0.25, 0.3) is 0 Å². The molecule has 276 valence electrons. The number of aryl methyl sites for hydroxylation is 1. The van der Waals surface area contributed by atoms with Crippen LogP contribution in [-0.2, 0) is 43.9 Å². The van der Waals surface area contributed by atoms with Crippen LogP contribution < -0.4 is 19.1 Å². The molecule has 2 aromatic rings. The Morgan fingerprint density at radius 1 is 1.04 bits per heavy atom. The molecule has 2 N–H and O–H groups in total. The minimum atomic E-state index is -4.36. The van der Waals surface area contributed by atoms with Crippen molar-refractivity contribution in [1.82, 2.24) is 14.9 Å². The number of fused-ring (bicyclic) bond motifs is 1. The predicted molar refractivity (Wildman–Crippen MR) is 179 cm³/mol. The van der Waals surface area contributed by atoms with Crippen LogP contribution in [0.4, 0.5) is 28.4 Å². The van der Waals surface area contributed by atoms with Gasteiger partial charge < -0.3 is 19.5 Å². The number of carbonyl (C=O) groups excluding carboxylic acids is 3. The molecule has 1 saturated heterocycles. The summed E-state index contributed by atoms with van der Waals surface area (Å²) in [6.45, 7) is 7.55. The number of nitrogens with zero attached hydrogens (tertiary/aromatic N) is 2. The van der Waals surface area contributed by atoms with Gasteiger partial charge in [-0.05, 0) is 96.5 Å². The average molecular weight is 727 g/mol. The van der Waals surface area contributed by atoms with E-state index in [9.17, 15) is 22.8 Å². The number of alkyl halides is 2. The van der Waals surface area contributed by atoms with E-state index in [1.165, 1.54) is 0 Å². The molecule has 2 aliphatic rings. The number of amides is 3. The molecule has 1 fully saturated rings. The first kappa shape index (κ1) is 38.7. The Labute approximate surface area is 290 Å². The van der Waals surface area contributed by atoms with Crippen molar-refractivity contribution in [2.24, 2.45) is 0 Å². The van der Waals surface area contributed by atoms with Gasteiger partial charge in [0.25, 0.3) is 11.8 Å². The van der Waals surface area contributed by atoms with Gasteiger partial charge in [-0.15, -0.1) is 0 Å². The minimum absolute atomic E-state index is 0.0226. The van der Waals surface area contributed by atoms with Gasteiger partial charge >= 0.3 is 22.4 Å². The number of hydrogen-bond donors (Lipinski definition) is 2. The highest BCUT2D eigenvalue weighted by molar-refractivity contribution is 7.92. The van der Waals surface area contributed by atoms with Crippen molar-refractivity contribution in [2.45, 2.75) is 103 Å². The number of ether oxygens (including phenoxy) is 3. The van der Waals surface area contributed by atoms with Gasteiger partial charge in [-0.25, -0.2) is 36.7 Å². The van der Waals surface area contributed by atoms with E-state index in [0.29, 0.717) is 22.7 Å². The number of anilines is 1. The third-order valence-corrected chi connectivity index (χ3v) is 9.07. The van der Waals surface area contributed by atoms with Gasteiger partial charge in [-0.2, -0.15) is 8.42 Å². The Hall–Kier alpha value is -4.05. The van der Waals surface area contributed by atoms with E-state index >= 15 is 13.2 Å². The zero-order valence-electron chi connectivity index (χ0n) is 29.1. The van der Waals surface area contributed by atoms with Crippen LogP contribution in [0.2, 0.25) is 0 Å². The van der Waals surface area contributed by atoms with Crippen molar-refractivity contribution in [3.05, 3.63) is 58.9 Å². The fourth-order valence-corrected chi connectivity index (χ4v) is 6.69. The number of benzene rings is 2. The molecule has 16 heteroatoms. The van der Waals surface area contributed by atoms with Gasteiger partial charge in [-0.3, -0.25) is 4.79 Å². The Bertz CT molecular complexity index is 1650. The molecule has 0 unspecified atom stereocenters. The van der Waals surface area contributed by atoms with Crippen molar-refractivity contribution in [1.29, 1.82) is 0 Å². The van der Waals surface area contributed by atoms with E-state index in [-0.39, 0.29) is 53.9 Å². The molecule has 0 aromatic heterocycles. The molecule has 1 aliphatic carbocycles. The summed E-state index contributed by atoms with van der Waals surface area (Å²) in [5, 5.41) is 3.17. The van der Waals surface area contributed by atoms with Crippen molar-refractivity contribution < 1.29 is 50.2 Å². The number of carbonyl (C=O) groups is 3. The van der Waals surface area contributed by atoms with Gasteiger partial charge in [0.05, 0.1) is 6.54 Å². The number of nitrogens with one attached hydrogen (secondary N) is 2. The molecular formula is C34H45F3N4O8S. The predicted octanol–water partition coefficient (Wildman–Crippen LogP) is 5.62. The zero-order valence-corrected chi connectivity index (χ0v) is 29.9. The van der Waals surface area contributed by atoms with Crippen molar-refractivity contribution in [2.75, 3.05) is 23.9 Å². The Morgan fingerprint density at radius 3 is 2.22 bits per heavy atom. The smallest absolute Gasteiger partial charge is 0.420 e. The fraction of sp³-hybridized carbons (Fsp3) is 0.559. The van der Waals surface area contributed by atoms with Gasteiger partial charge in [0.2, 0.25) is 0 Å². The molecule has 0 bridgehead atoms. The largest absolute Gasteiger partial charge is 0.487 e. The monoisotopic (exact) mass is 726 g/mol. The molecule has 1 atom stereocenters. The second-order valence-corrected chi connectivity index (χ2v) is 16.0. The number of halogens is 3. The third-order valence-electron chi connectivity index (χ3n) is 7.69. The van der Waals surface area contributed by atoms with Crippen LogP contribution in [0.5, 0.6) is 5.75 Å². The van der Waals surface area contributed by atoms with Gasteiger partial charge in [0, 0.05) is 12.5 Å². The molecule has 3 amide bonds. The Morgan fingerprint density at radius 2 is 1.66 bits per heavy atom. The van der Waals surface area contributed by atoms with Crippen LogP contribution >= 0.6 is 0 Å². The van der Waals surface area contributed by atoms with E-state index in [4.69, 9.17) is 14.2 Å². The van der Waals surface area contributed by atoms with Gasteiger partial charge in [0.15, 0.2) is 5.82 Å². The standard InChI is InChI=1S/C34H45F3N4O8S/c1-32(2,3)48-30(43)40(31(44)49-33(4,5)6)21-34(36,37)15-10-16-38-24-14-13-23-17-26(47-20-22-11-8-7-9-12-22)29(28(35)25(23)18-24)41-19-27(42)39-50(41,45)46/h7-9,11-12,17,24,38H,10,13-16,18-21H2,1-6H3,(H,39,42)/t24-/m1/s1. The third kappa shape index (κ3) is 10.5. The van der Waals surface area contributed by atoms with Crippen molar-refractivity contribution in [3.8, 4) is 5.75 Å². The number of imide groups is 1. The van der Waals surface area contributed by atoms with Gasteiger partial charge in [0.1, 0.15) is 35.8 Å². The van der Waals surface area contributed by atoms with Crippen LogP contribution in [0, 0.1) is 5.82 Å². The SMILES string of the molecule is CC(C)(C)OC(=O)N(CC(F)(F)CCCN[C@@H]1CCc2cc(OCc3ccccc3)c(N3CC(=O)NS3(=O)=O)c(F)c2C1)C(=O)OC(C)(C)C. The summed E-state index contributed by atoms with van der Waals surface area (Å²) in [5.74, 6) is -5.15. The lowest BCUT2D eigenvalue weighted by molar-refractivity contribution is -0.117. The molecule has 50 heavy (non-hydrogen) atoms. The summed E-state index contributed by atoms with van der Waals surface area (Å²) >= 11 is 0. The summed E-state index contributed by atoms with van der Waals surface area (Å²) in [6, 6.07) is 10.3. The average Bonchev–Trinajstić information content (AvgIpc) is 3.26. The first-order chi connectivity index (χ1) is 23.1. The van der Waals surface area contributed by atoms with Crippen LogP contribution in [0.15, 0.2) is 36.4 Å². The molecule has 12 nitrogen and oxygen atoms in total. The normalized spacial score (nSPS) is 17.5. The lowest BCUT2D eigenvalue weighted by Gasteiger charge is -2.31. The van der Waals surface area contributed by atoms with E-state index in [0.717, 1.165) is 5.56 Å². The number of hydrogen-bond acceptors (Lipinski definition) is 9. The van der Waals surface area contributed by atoms with E-state index in [1.54, 1.807) is 71.9 Å². The second kappa shape index (κ2) is 15.1. The maximum Gasteiger partial charge on any atom is 0.420 e. The highest BCUT2D eigenvalue weighted by Gasteiger charge is 2.41. The summed E-state index contributed by atoms with van der Waals surface area (Å²) < 4.78 is 90.8. The summed E-state index contributed by atoms with van der Waals surface area (Å²) in [4.78, 5) is 37.6. The molecule has 0 spiro atoms. The number of rotatable bonds is 11. The molecule has 0 radical (unpaired) electrons. The molecule has 0 saturated carbocycles. The van der Waals surface area contributed by atoms with E-state index in [2.05, 4.69) is 5.32 Å². The first-order valence-corrected chi connectivity index (χ1v) is 17.8. The highest BCUT2D eigenvalue weighted by atomic mass is 32.2. The van der Waals surface area contributed by atoms with E-state index < -0.39 is 70.8 Å². The Balaban J connectivity index is 1.43. The van der Waals surface area contributed by atoms with Crippen LogP contribution in [0.3, 0.4) is 0 Å². The minimum Gasteiger partial charge on any atom is -0.487 e. The topological polar surface area (TPSA) is 144 Å². The van der Waals surface area contributed by atoms with E-state index in [1.807, 2.05) is 10.8 Å². The highest BCUT2D eigenvalue weighted by Crippen LogP contribution is 2.41. The van der Waals surface area contributed by atoms with Crippen LogP contribution in [-0.4, -0.2) is 74.2 Å².